The minimum absolute atomic E-state index is 0.205. The molecule has 0 bridgehead atoms. The summed E-state index contributed by atoms with van der Waals surface area (Å²) in [7, 11) is 0. The van der Waals surface area contributed by atoms with E-state index in [-0.39, 0.29) is 6.03 Å². The van der Waals surface area contributed by atoms with Gasteiger partial charge in [-0.1, -0.05) is 13.8 Å². The molecule has 1 aliphatic rings. The minimum Gasteiger partial charge on any atom is -0.387 e. The predicted octanol–water partition coefficient (Wildman–Crippen LogP) is -0.334. The number of amides is 2. The van der Waals surface area contributed by atoms with Crippen LogP contribution in [0, 0.1) is 5.92 Å². The van der Waals surface area contributed by atoms with Crippen LogP contribution in [0.3, 0.4) is 0 Å². The third kappa shape index (κ3) is 4.48. The molecule has 1 unspecified atom stereocenters. The van der Waals surface area contributed by atoms with Crippen LogP contribution in [0.1, 0.15) is 20.3 Å². The summed E-state index contributed by atoms with van der Waals surface area (Å²) in [6.45, 7) is 6.40. The van der Waals surface area contributed by atoms with Gasteiger partial charge < -0.3 is 21.1 Å². The summed E-state index contributed by atoms with van der Waals surface area (Å²) in [5.74, 6) is 0.437. The number of β-amino-alcohol motifs (C(OH)–C–C–N with tert-alkyl or cyclic N) is 1. The highest BCUT2D eigenvalue weighted by atomic mass is 16.3. The van der Waals surface area contributed by atoms with Crippen LogP contribution in [-0.2, 0) is 0 Å². The van der Waals surface area contributed by atoms with Crippen LogP contribution in [0.25, 0.3) is 0 Å². The average Bonchev–Trinajstić information content (AvgIpc) is 2.60. The Morgan fingerprint density at radius 3 is 2.80 bits per heavy atom. The lowest BCUT2D eigenvalue weighted by Gasteiger charge is -2.21. The normalized spacial score (nSPS) is 25.6. The summed E-state index contributed by atoms with van der Waals surface area (Å²) in [4.78, 5) is 11.3. The molecule has 0 spiro atoms. The molecule has 5 nitrogen and oxygen atoms in total. The molecule has 1 heterocycles. The van der Waals surface area contributed by atoms with Crippen LogP contribution in [0.5, 0.6) is 0 Å². The second-order valence-corrected chi connectivity index (χ2v) is 4.61. The molecule has 0 aromatic heterocycles. The van der Waals surface area contributed by atoms with E-state index in [1.807, 2.05) is 13.8 Å². The second kappa shape index (κ2) is 5.32. The Kier molecular flexibility index (Phi) is 4.35. The molecule has 1 rings (SSSR count). The van der Waals surface area contributed by atoms with E-state index < -0.39 is 5.60 Å². The molecule has 1 saturated heterocycles. The maximum Gasteiger partial charge on any atom is 0.314 e. The van der Waals surface area contributed by atoms with E-state index in [0.29, 0.717) is 32.0 Å². The van der Waals surface area contributed by atoms with Gasteiger partial charge in [-0.2, -0.15) is 0 Å². The van der Waals surface area contributed by atoms with Gasteiger partial charge in [-0.25, -0.2) is 4.79 Å². The molecule has 2 amide bonds. The fraction of sp³-hybridized carbons (Fsp3) is 0.900. The number of carbonyl (C=O) groups is 1. The van der Waals surface area contributed by atoms with E-state index in [0.717, 1.165) is 6.54 Å². The van der Waals surface area contributed by atoms with Gasteiger partial charge in [-0.3, -0.25) is 0 Å². The Hall–Kier alpha value is -0.810. The van der Waals surface area contributed by atoms with Crippen molar-refractivity contribution in [2.24, 2.45) is 5.92 Å². The summed E-state index contributed by atoms with van der Waals surface area (Å²) in [5.41, 5.74) is -0.769. The summed E-state index contributed by atoms with van der Waals surface area (Å²) >= 11 is 0. The largest absolute Gasteiger partial charge is 0.387 e. The molecule has 1 fully saturated rings. The first-order valence-electron chi connectivity index (χ1n) is 5.47. The van der Waals surface area contributed by atoms with E-state index in [9.17, 15) is 9.90 Å². The van der Waals surface area contributed by atoms with Crippen molar-refractivity contribution >= 4 is 6.03 Å². The SMILES string of the molecule is CC(C)CNC(=O)NCC1(O)CCNC1. The first kappa shape index (κ1) is 12.3. The third-order valence-corrected chi connectivity index (χ3v) is 2.47. The molecule has 0 aliphatic carbocycles. The van der Waals surface area contributed by atoms with E-state index in [1.165, 1.54) is 0 Å². The van der Waals surface area contributed by atoms with Gasteiger partial charge in [-0.15, -0.1) is 0 Å². The smallest absolute Gasteiger partial charge is 0.314 e. The molecular formula is C10H21N3O2. The van der Waals surface area contributed by atoms with Crippen LogP contribution in [0.15, 0.2) is 0 Å². The number of aliphatic hydroxyl groups is 1. The van der Waals surface area contributed by atoms with Gasteiger partial charge >= 0.3 is 6.03 Å². The number of hydrogen-bond acceptors (Lipinski definition) is 3. The van der Waals surface area contributed by atoms with Gasteiger partial charge in [0.25, 0.3) is 0 Å². The molecule has 0 radical (unpaired) electrons. The number of hydrogen-bond donors (Lipinski definition) is 4. The minimum atomic E-state index is -0.769. The zero-order chi connectivity index (χ0) is 11.3. The lowest BCUT2D eigenvalue weighted by molar-refractivity contribution is 0.0634. The van der Waals surface area contributed by atoms with Crippen molar-refractivity contribution in [3.05, 3.63) is 0 Å². The van der Waals surface area contributed by atoms with E-state index in [2.05, 4.69) is 16.0 Å². The molecule has 0 aromatic carbocycles. The van der Waals surface area contributed by atoms with Crippen molar-refractivity contribution in [3.8, 4) is 0 Å². The monoisotopic (exact) mass is 215 g/mol. The standard InChI is InChI=1S/C10H21N3O2/c1-8(2)5-12-9(14)13-7-10(15)3-4-11-6-10/h8,11,15H,3-7H2,1-2H3,(H2,12,13,14). The predicted molar refractivity (Wildman–Crippen MR) is 58.7 cm³/mol. The fourth-order valence-corrected chi connectivity index (χ4v) is 1.49. The molecule has 0 saturated carbocycles. The first-order valence-corrected chi connectivity index (χ1v) is 5.47. The summed E-state index contributed by atoms with van der Waals surface area (Å²) < 4.78 is 0. The first-order chi connectivity index (χ1) is 7.02. The highest BCUT2D eigenvalue weighted by Gasteiger charge is 2.31. The Morgan fingerprint density at radius 1 is 1.53 bits per heavy atom. The van der Waals surface area contributed by atoms with Gasteiger partial charge in [0.2, 0.25) is 0 Å². The lowest BCUT2D eigenvalue weighted by atomic mass is 10.0. The van der Waals surface area contributed by atoms with Gasteiger partial charge in [0.05, 0.1) is 5.60 Å². The van der Waals surface area contributed by atoms with E-state index >= 15 is 0 Å². The lowest BCUT2D eigenvalue weighted by Crippen LogP contribution is -2.48. The van der Waals surface area contributed by atoms with Crippen molar-refractivity contribution in [2.75, 3.05) is 26.2 Å². The Bertz CT molecular complexity index is 213. The van der Waals surface area contributed by atoms with Gasteiger partial charge in [0.15, 0.2) is 0 Å². The van der Waals surface area contributed by atoms with Crippen LogP contribution >= 0.6 is 0 Å². The Balaban J connectivity index is 2.16. The zero-order valence-corrected chi connectivity index (χ0v) is 9.47. The highest BCUT2D eigenvalue weighted by molar-refractivity contribution is 5.73. The Labute approximate surface area is 90.6 Å². The maximum absolute atomic E-state index is 11.3. The maximum atomic E-state index is 11.3. The quantitative estimate of drug-likeness (QED) is 0.518. The van der Waals surface area contributed by atoms with Crippen molar-refractivity contribution in [3.63, 3.8) is 0 Å². The molecule has 1 atom stereocenters. The number of carbonyl (C=O) groups excluding carboxylic acids is 1. The molecule has 0 aromatic rings. The number of urea groups is 1. The number of nitrogens with one attached hydrogen (secondary N) is 3. The van der Waals surface area contributed by atoms with Crippen LogP contribution < -0.4 is 16.0 Å². The number of rotatable bonds is 4. The van der Waals surface area contributed by atoms with Crippen LogP contribution in [-0.4, -0.2) is 42.9 Å². The molecule has 5 heteroatoms. The van der Waals surface area contributed by atoms with Crippen molar-refractivity contribution in [1.82, 2.24) is 16.0 Å². The van der Waals surface area contributed by atoms with Gasteiger partial charge in [0, 0.05) is 19.6 Å². The molecule has 88 valence electrons. The van der Waals surface area contributed by atoms with Crippen molar-refractivity contribution in [1.29, 1.82) is 0 Å². The molecule has 1 aliphatic heterocycles. The third-order valence-electron chi connectivity index (χ3n) is 2.47. The van der Waals surface area contributed by atoms with Gasteiger partial charge in [0.1, 0.15) is 0 Å². The fourth-order valence-electron chi connectivity index (χ4n) is 1.49. The van der Waals surface area contributed by atoms with Crippen molar-refractivity contribution in [2.45, 2.75) is 25.9 Å². The average molecular weight is 215 g/mol. The zero-order valence-electron chi connectivity index (χ0n) is 9.47. The second-order valence-electron chi connectivity index (χ2n) is 4.61. The summed E-state index contributed by atoms with van der Waals surface area (Å²) in [6.07, 6.45) is 0.692. The molecule has 15 heavy (non-hydrogen) atoms. The van der Waals surface area contributed by atoms with Crippen LogP contribution in [0.4, 0.5) is 4.79 Å². The summed E-state index contributed by atoms with van der Waals surface area (Å²) in [6, 6.07) is -0.205. The van der Waals surface area contributed by atoms with E-state index in [1.54, 1.807) is 0 Å². The Morgan fingerprint density at radius 2 is 2.27 bits per heavy atom. The van der Waals surface area contributed by atoms with E-state index in [4.69, 9.17) is 0 Å². The highest BCUT2D eigenvalue weighted by Crippen LogP contribution is 2.12. The van der Waals surface area contributed by atoms with Gasteiger partial charge in [-0.05, 0) is 18.9 Å². The van der Waals surface area contributed by atoms with Crippen LogP contribution in [0.2, 0.25) is 0 Å². The molecule has 4 N–H and O–H groups in total. The molecular weight excluding hydrogens is 194 g/mol. The summed E-state index contributed by atoms with van der Waals surface area (Å²) in [5, 5.41) is 18.4. The van der Waals surface area contributed by atoms with Crippen molar-refractivity contribution < 1.29 is 9.90 Å². The topological polar surface area (TPSA) is 73.4 Å².